The molecule has 8 nitrogen and oxygen atoms in total. The van der Waals surface area contributed by atoms with Crippen molar-refractivity contribution >= 4 is 44.8 Å². The maximum absolute atomic E-state index is 12.6. The van der Waals surface area contributed by atoms with Crippen LogP contribution in [0.3, 0.4) is 0 Å². The zero-order chi connectivity index (χ0) is 19.6. The summed E-state index contributed by atoms with van der Waals surface area (Å²) in [5, 5.41) is 14.7. The minimum atomic E-state index is -0.725. The zero-order valence-corrected chi connectivity index (χ0v) is 15.3. The molecule has 0 saturated heterocycles. The maximum atomic E-state index is 12.6. The van der Waals surface area contributed by atoms with Gasteiger partial charge in [0.15, 0.2) is 0 Å². The molecule has 0 aliphatic rings. The SMILES string of the molecule is CCOC(=O)c1cc(C(=O)Nc2ccc3nc(C)sc3c2)cc([N+](=O)[O-])c1. The molecule has 3 rings (SSSR count). The molecule has 9 heteroatoms. The molecule has 1 N–H and O–H groups in total. The first-order valence-electron chi connectivity index (χ1n) is 8.02. The van der Waals surface area contributed by atoms with E-state index < -0.39 is 16.8 Å². The number of hydrogen-bond acceptors (Lipinski definition) is 7. The fraction of sp³-hybridized carbons (Fsp3) is 0.167. The Morgan fingerprint density at radius 2 is 1.96 bits per heavy atom. The van der Waals surface area contributed by atoms with E-state index in [9.17, 15) is 19.7 Å². The van der Waals surface area contributed by atoms with Gasteiger partial charge in [-0.25, -0.2) is 9.78 Å². The van der Waals surface area contributed by atoms with E-state index in [1.165, 1.54) is 17.4 Å². The van der Waals surface area contributed by atoms with Gasteiger partial charge in [-0.3, -0.25) is 14.9 Å². The van der Waals surface area contributed by atoms with Gasteiger partial charge in [-0.1, -0.05) is 0 Å². The number of rotatable bonds is 5. The minimum absolute atomic E-state index is 0.00663. The van der Waals surface area contributed by atoms with Crippen LogP contribution in [0.1, 0.15) is 32.6 Å². The number of esters is 1. The lowest BCUT2D eigenvalue weighted by atomic mass is 10.1. The summed E-state index contributed by atoms with van der Waals surface area (Å²) in [6, 6.07) is 8.74. The Balaban J connectivity index is 1.91. The molecule has 0 fully saturated rings. The second-order valence-corrected chi connectivity index (χ2v) is 6.85. The normalized spacial score (nSPS) is 10.6. The predicted molar refractivity (Wildman–Crippen MR) is 101 cm³/mol. The summed E-state index contributed by atoms with van der Waals surface area (Å²) in [6.07, 6.45) is 0. The van der Waals surface area contributed by atoms with Crippen molar-refractivity contribution in [2.24, 2.45) is 0 Å². The third kappa shape index (κ3) is 4.09. The highest BCUT2D eigenvalue weighted by Gasteiger charge is 2.19. The van der Waals surface area contributed by atoms with Crippen LogP contribution in [0.25, 0.3) is 10.2 Å². The molecule has 1 heterocycles. The summed E-state index contributed by atoms with van der Waals surface area (Å²) in [5.41, 5.74) is 0.938. The second kappa shape index (κ2) is 7.50. The molecule has 27 heavy (non-hydrogen) atoms. The molecular weight excluding hydrogens is 370 g/mol. The Bertz CT molecular complexity index is 1060. The number of hydrogen-bond donors (Lipinski definition) is 1. The fourth-order valence-corrected chi connectivity index (χ4v) is 3.37. The lowest BCUT2D eigenvalue weighted by molar-refractivity contribution is -0.384. The van der Waals surface area contributed by atoms with E-state index in [4.69, 9.17) is 4.74 Å². The average Bonchev–Trinajstić information content (AvgIpc) is 3.00. The largest absolute Gasteiger partial charge is 0.462 e. The van der Waals surface area contributed by atoms with Gasteiger partial charge in [0.1, 0.15) is 0 Å². The zero-order valence-electron chi connectivity index (χ0n) is 14.5. The first-order chi connectivity index (χ1) is 12.9. The number of anilines is 1. The fourth-order valence-electron chi connectivity index (χ4n) is 2.50. The number of aryl methyl sites for hydroxylation is 1. The summed E-state index contributed by atoms with van der Waals surface area (Å²) in [7, 11) is 0. The van der Waals surface area contributed by atoms with E-state index in [1.54, 1.807) is 25.1 Å². The van der Waals surface area contributed by atoms with E-state index in [-0.39, 0.29) is 23.4 Å². The molecule has 2 aromatic carbocycles. The van der Waals surface area contributed by atoms with Crippen molar-refractivity contribution in [2.75, 3.05) is 11.9 Å². The van der Waals surface area contributed by atoms with Crippen LogP contribution in [-0.4, -0.2) is 28.4 Å². The number of ether oxygens (including phenoxy) is 1. The van der Waals surface area contributed by atoms with E-state index in [1.807, 2.05) is 6.92 Å². The molecule has 3 aromatic rings. The van der Waals surface area contributed by atoms with Crippen LogP contribution in [0.5, 0.6) is 0 Å². The first-order valence-corrected chi connectivity index (χ1v) is 8.84. The highest BCUT2D eigenvalue weighted by molar-refractivity contribution is 7.18. The lowest BCUT2D eigenvalue weighted by Crippen LogP contribution is -2.14. The number of benzene rings is 2. The Labute approximate surface area is 157 Å². The molecule has 0 aliphatic heterocycles. The molecule has 0 saturated carbocycles. The molecule has 1 amide bonds. The highest BCUT2D eigenvalue weighted by atomic mass is 32.1. The number of nitrogens with one attached hydrogen (secondary N) is 1. The van der Waals surface area contributed by atoms with Gasteiger partial charge in [0.05, 0.1) is 32.3 Å². The van der Waals surface area contributed by atoms with Crippen molar-refractivity contribution in [1.29, 1.82) is 0 Å². The number of nitro groups is 1. The number of nitrogens with zero attached hydrogens (tertiary/aromatic N) is 2. The van der Waals surface area contributed by atoms with E-state index in [0.717, 1.165) is 27.4 Å². The lowest BCUT2D eigenvalue weighted by Gasteiger charge is -2.07. The molecule has 138 valence electrons. The van der Waals surface area contributed by atoms with Crippen molar-refractivity contribution in [2.45, 2.75) is 13.8 Å². The van der Waals surface area contributed by atoms with E-state index in [0.29, 0.717) is 5.69 Å². The van der Waals surface area contributed by atoms with Crippen LogP contribution in [-0.2, 0) is 4.74 Å². The number of carbonyl (C=O) groups excluding carboxylic acids is 2. The average molecular weight is 385 g/mol. The van der Waals surface area contributed by atoms with Gasteiger partial charge in [-0.05, 0) is 38.1 Å². The van der Waals surface area contributed by atoms with E-state index in [2.05, 4.69) is 10.3 Å². The molecule has 0 atom stereocenters. The van der Waals surface area contributed by atoms with Crippen molar-refractivity contribution in [3.8, 4) is 0 Å². The summed E-state index contributed by atoms with van der Waals surface area (Å²) in [6.45, 7) is 3.64. The van der Waals surface area contributed by atoms with Crippen LogP contribution in [0, 0.1) is 17.0 Å². The van der Waals surface area contributed by atoms with E-state index >= 15 is 0 Å². The van der Waals surface area contributed by atoms with Gasteiger partial charge in [0.2, 0.25) is 0 Å². The molecule has 0 unspecified atom stereocenters. The van der Waals surface area contributed by atoms with Crippen molar-refractivity contribution in [3.05, 3.63) is 62.6 Å². The van der Waals surface area contributed by atoms with Gasteiger partial charge in [0, 0.05) is 23.4 Å². The number of non-ortho nitro benzene ring substituents is 1. The molecule has 0 spiro atoms. The monoisotopic (exact) mass is 385 g/mol. The molecule has 0 aliphatic carbocycles. The number of fused-ring (bicyclic) bond motifs is 1. The molecule has 1 aromatic heterocycles. The quantitative estimate of drug-likeness (QED) is 0.404. The Morgan fingerprint density at radius 3 is 2.67 bits per heavy atom. The number of amides is 1. The van der Waals surface area contributed by atoms with Gasteiger partial charge in [-0.15, -0.1) is 11.3 Å². The standard InChI is InChI=1S/C18H15N3O5S/c1-3-26-18(23)12-6-11(7-14(8-12)21(24)25)17(22)20-13-4-5-15-16(9-13)27-10(2)19-15/h4-9H,3H2,1-2H3,(H,20,22). The number of thiazole rings is 1. The topological polar surface area (TPSA) is 111 Å². The third-order valence-electron chi connectivity index (χ3n) is 3.66. The first kappa shape index (κ1) is 18.5. The van der Waals surface area contributed by atoms with Gasteiger partial charge in [-0.2, -0.15) is 0 Å². The second-order valence-electron chi connectivity index (χ2n) is 5.62. The number of nitro benzene ring substituents is 1. The maximum Gasteiger partial charge on any atom is 0.338 e. The number of carbonyl (C=O) groups is 2. The van der Waals surface area contributed by atoms with Crippen LogP contribution >= 0.6 is 11.3 Å². The summed E-state index contributed by atoms with van der Waals surface area (Å²) in [5.74, 6) is -1.29. The van der Waals surface area contributed by atoms with Crippen LogP contribution in [0.4, 0.5) is 11.4 Å². The van der Waals surface area contributed by atoms with Crippen LogP contribution in [0.2, 0.25) is 0 Å². The van der Waals surface area contributed by atoms with Gasteiger partial charge < -0.3 is 10.1 Å². The van der Waals surface area contributed by atoms with Crippen LogP contribution in [0.15, 0.2) is 36.4 Å². The summed E-state index contributed by atoms with van der Waals surface area (Å²) in [4.78, 5) is 39.3. The Hall–Kier alpha value is -3.33. The molecule has 0 radical (unpaired) electrons. The van der Waals surface area contributed by atoms with Crippen molar-refractivity contribution < 1.29 is 19.2 Å². The van der Waals surface area contributed by atoms with Gasteiger partial charge in [0.25, 0.3) is 11.6 Å². The predicted octanol–water partition coefficient (Wildman–Crippen LogP) is 3.94. The summed E-state index contributed by atoms with van der Waals surface area (Å²) < 4.78 is 5.78. The smallest absolute Gasteiger partial charge is 0.338 e. The molecule has 0 bridgehead atoms. The number of aromatic nitrogens is 1. The highest BCUT2D eigenvalue weighted by Crippen LogP contribution is 2.25. The van der Waals surface area contributed by atoms with Gasteiger partial charge >= 0.3 is 5.97 Å². The summed E-state index contributed by atoms with van der Waals surface area (Å²) >= 11 is 1.49. The molecular formula is C18H15N3O5S. The third-order valence-corrected chi connectivity index (χ3v) is 4.59. The van der Waals surface area contributed by atoms with Crippen LogP contribution < -0.4 is 5.32 Å². The Morgan fingerprint density at radius 1 is 1.22 bits per heavy atom. The van der Waals surface area contributed by atoms with Crippen molar-refractivity contribution in [1.82, 2.24) is 4.98 Å². The Kier molecular flexibility index (Phi) is 5.13. The van der Waals surface area contributed by atoms with Crippen molar-refractivity contribution in [3.63, 3.8) is 0 Å². The minimum Gasteiger partial charge on any atom is -0.462 e.